The highest BCUT2D eigenvalue weighted by atomic mass is 16.1. The number of nitrogens with zero attached hydrogens (tertiary/aromatic N) is 5. The second kappa shape index (κ2) is 7.03. The van der Waals surface area contributed by atoms with E-state index in [9.17, 15) is 4.79 Å². The molecule has 0 saturated heterocycles. The summed E-state index contributed by atoms with van der Waals surface area (Å²) in [5.74, 6) is 0.782. The fourth-order valence-corrected chi connectivity index (χ4v) is 3.01. The van der Waals surface area contributed by atoms with E-state index in [1.165, 1.54) is 6.92 Å². The number of anilines is 1. The van der Waals surface area contributed by atoms with Crippen molar-refractivity contribution in [1.29, 1.82) is 0 Å². The number of carbonyl (C=O) groups excluding carboxylic acids is 1. The first-order valence-electron chi connectivity index (χ1n) is 8.77. The smallest absolute Gasteiger partial charge is 0.216 e. The van der Waals surface area contributed by atoms with Gasteiger partial charge in [0.25, 0.3) is 0 Å². The molecule has 0 spiro atoms. The lowest BCUT2D eigenvalue weighted by Gasteiger charge is -2.18. The van der Waals surface area contributed by atoms with Crippen molar-refractivity contribution < 1.29 is 4.79 Å². The summed E-state index contributed by atoms with van der Waals surface area (Å²) in [6.07, 6.45) is 3.63. The number of fused-ring (bicyclic) bond motifs is 2. The molecule has 1 aromatic carbocycles. The van der Waals surface area contributed by atoms with Crippen molar-refractivity contribution >= 4 is 28.3 Å². The normalized spacial score (nSPS) is 11.0. The number of pyridine rings is 1. The van der Waals surface area contributed by atoms with Crippen LogP contribution in [0.1, 0.15) is 6.92 Å². The number of likely N-dealkylation sites (N-methyl/N-ethyl adjacent to an activating group) is 1. The molecular weight excluding hydrogens is 340 g/mol. The fraction of sp³-hybridized carbons (Fsp3) is 0.200. The van der Waals surface area contributed by atoms with E-state index in [4.69, 9.17) is 5.10 Å². The standard InChI is InChI=1S/C20H20N6O/c1-14(27)21-10-11-25(2)20-8-7-19-23-13-18(26(19)24-20)16-5-6-17-15(12-16)4-3-9-22-17/h3-9,12-13H,10-11H2,1-2H3,(H,21,27). The molecule has 0 radical (unpaired) electrons. The largest absolute Gasteiger partial charge is 0.356 e. The van der Waals surface area contributed by atoms with Gasteiger partial charge in [0.1, 0.15) is 5.82 Å². The van der Waals surface area contributed by atoms with Crippen molar-refractivity contribution in [1.82, 2.24) is 24.9 Å². The lowest BCUT2D eigenvalue weighted by molar-refractivity contribution is -0.118. The second-order valence-electron chi connectivity index (χ2n) is 6.42. The molecule has 4 aromatic rings. The molecule has 7 nitrogen and oxygen atoms in total. The number of rotatable bonds is 5. The lowest BCUT2D eigenvalue weighted by atomic mass is 10.1. The molecule has 0 aliphatic rings. The van der Waals surface area contributed by atoms with E-state index in [1.807, 2.05) is 59.1 Å². The Bertz CT molecular complexity index is 1120. The monoisotopic (exact) mass is 360 g/mol. The van der Waals surface area contributed by atoms with Gasteiger partial charge >= 0.3 is 0 Å². The Balaban J connectivity index is 1.68. The first-order valence-corrected chi connectivity index (χ1v) is 8.77. The molecule has 0 atom stereocenters. The van der Waals surface area contributed by atoms with E-state index in [0.717, 1.165) is 33.6 Å². The average molecular weight is 360 g/mol. The number of nitrogens with one attached hydrogen (secondary N) is 1. The first-order chi connectivity index (χ1) is 13.1. The van der Waals surface area contributed by atoms with E-state index >= 15 is 0 Å². The van der Waals surface area contributed by atoms with E-state index in [2.05, 4.69) is 21.4 Å². The third kappa shape index (κ3) is 3.44. The van der Waals surface area contributed by atoms with Crippen molar-refractivity contribution in [3.05, 3.63) is 54.9 Å². The summed E-state index contributed by atoms with van der Waals surface area (Å²) in [6, 6.07) is 14.0. The maximum atomic E-state index is 11.0. The Kier molecular flexibility index (Phi) is 4.42. The number of hydrogen-bond acceptors (Lipinski definition) is 5. The fourth-order valence-electron chi connectivity index (χ4n) is 3.01. The van der Waals surface area contributed by atoms with Crippen molar-refractivity contribution in [2.45, 2.75) is 6.92 Å². The van der Waals surface area contributed by atoms with Crippen LogP contribution in [0.5, 0.6) is 0 Å². The SMILES string of the molecule is CC(=O)NCCN(C)c1ccc2ncc(-c3ccc4ncccc4c3)n2n1. The molecule has 0 aliphatic heterocycles. The summed E-state index contributed by atoms with van der Waals surface area (Å²) in [5, 5.41) is 8.62. The van der Waals surface area contributed by atoms with Crippen molar-refractivity contribution in [2.24, 2.45) is 0 Å². The Hall–Kier alpha value is -3.48. The summed E-state index contributed by atoms with van der Waals surface area (Å²) >= 11 is 0. The van der Waals surface area contributed by atoms with Gasteiger partial charge in [-0.05, 0) is 30.3 Å². The Labute approximate surface area is 156 Å². The molecule has 27 heavy (non-hydrogen) atoms. The highest BCUT2D eigenvalue weighted by Crippen LogP contribution is 2.24. The zero-order valence-corrected chi connectivity index (χ0v) is 15.3. The molecule has 0 unspecified atom stereocenters. The summed E-state index contributed by atoms with van der Waals surface area (Å²) in [4.78, 5) is 21.9. The maximum absolute atomic E-state index is 11.0. The Morgan fingerprint density at radius 3 is 2.93 bits per heavy atom. The number of amides is 1. The molecule has 0 aliphatic carbocycles. The minimum Gasteiger partial charge on any atom is -0.356 e. The molecule has 4 rings (SSSR count). The van der Waals surface area contributed by atoms with Gasteiger partial charge in [-0.15, -0.1) is 5.10 Å². The van der Waals surface area contributed by atoms with Gasteiger partial charge in [0.2, 0.25) is 5.91 Å². The highest BCUT2D eigenvalue weighted by molar-refractivity contribution is 5.84. The van der Waals surface area contributed by atoms with Gasteiger partial charge in [0.15, 0.2) is 5.65 Å². The minimum absolute atomic E-state index is 0.0329. The second-order valence-corrected chi connectivity index (χ2v) is 6.42. The van der Waals surface area contributed by atoms with Crippen molar-refractivity contribution in [3.63, 3.8) is 0 Å². The van der Waals surface area contributed by atoms with Crippen molar-refractivity contribution in [3.8, 4) is 11.3 Å². The van der Waals surface area contributed by atoms with E-state index in [0.29, 0.717) is 13.1 Å². The first kappa shape index (κ1) is 17.0. The van der Waals surface area contributed by atoms with Crippen LogP contribution in [-0.2, 0) is 4.79 Å². The molecule has 3 aromatic heterocycles. The van der Waals surface area contributed by atoms with Gasteiger partial charge in [-0.25, -0.2) is 9.50 Å². The van der Waals surface area contributed by atoms with Crippen LogP contribution in [0.25, 0.3) is 27.8 Å². The van der Waals surface area contributed by atoms with Crippen LogP contribution in [0.4, 0.5) is 5.82 Å². The van der Waals surface area contributed by atoms with Gasteiger partial charge in [0.05, 0.1) is 17.4 Å². The molecule has 1 N–H and O–H groups in total. The van der Waals surface area contributed by atoms with Gasteiger partial charge < -0.3 is 10.2 Å². The molecule has 0 saturated carbocycles. The summed E-state index contributed by atoms with van der Waals surface area (Å²) in [5.41, 5.74) is 3.71. The summed E-state index contributed by atoms with van der Waals surface area (Å²) in [7, 11) is 1.95. The van der Waals surface area contributed by atoms with Crippen LogP contribution in [0.2, 0.25) is 0 Å². The van der Waals surface area contributed by atoms with E-state index in [-0.39, 0.29) is 5.91 Å². The quantitative estimate of drug-likeness (QED) is 0.592. The molecule has 136 valence electrons. The van der Waals surface area contributed by atoms with Gasteiger partial charge in [-0.1, -0.05) is 12.1 Å². The highest BCUT2D eigenvalue weighted by Gasteiger charge is 2.11. The van der Waals surface area contributed by atoms with Crippen LogP contribution in [0.15, 0.2) is 54.9 Å². The van der Waals surface area contributed by atoms with E-state index in [1.54, 1.807) is 6.20 Å². The topological polar surface area (TPSA) is 75.4 Å². The molecule has 1 amide bonds. The third-order valence-corrected chi connectivity index (χ3v) is 4.46. The van der Waals surface area contributed by atoms with Gasteiger partial charge in [-0.2, -0.15) is 0 Å². The van der Waals surface area contributed by atoms with Gasteiger partial charge in [0, 0.05) is 44.2 Å². The molecular formula is C20H20N6O. The van der Waals surface area contributed by atoms with Crippen LogP contribution in [0.3, 0.4) is 0 Å². The molecule has 3 heterocycles. The predicted octanol–water partition coefficient (Wildman–Crippen LogP) is 2.52. The Morgan fingerprint density at radius 2 is 2.07 bits per heavy atom. The minimum atomic E-state index is -0.0329. The van der Waals surface area contributed by atoms with Crippen molar-refractivity contribution in [2.75, 3.05) is 25.0 Å². The van der Waals surface area contributed by atoms with Crippen LogP contribution in [-0.4, -0.2) is 45.6 Å². The van der Waals surface area contributed by atoms with Crippen LogP contribution in [0, 0.1) is 0 Å². The molecule has 0 fully saturated rings. The zero-order chi connectivity index (χ0) is 18.8. The lowest BCUT2D eigenvalue weighted by Crippen LogP contribution is -2.32. The van der Waals surface area contributed by atoms with Gasteiger partial charge in [-0.3, -0.25) is 9.78 Å². The predicted molar refractivity (Wildman–Crippen MR) is 106 cm³/mol. The summed E-state index contributed by atoms with van der Waals surface area (Å²) in [6.45, 7) is 2.75. The number of imidazole rings is 1. The third-order valence-electron chi connectivity index (χ3n) is 4.46. The Morgan fingerprint density at radius 1 is 1.19 bits per heavy atom. The molecule has 7 heteroatoms. The van der Waals surface area contributed by atoms with Crippen LogP contribution < -0.4 is 10.2 Å². The number of aromatic nitrogens is 4. The number of carbonyl (C=O) groups is 1. The number of benzene rings is 1. The number of hydrogen-bond donors (Lipinski definition) is 1. The van der Waals surface area contributed by atoms with Crippen LogP contribution >= 0.6 is 0 Å². The average Bonchev–Trinajstić information content (AvgIpc) is 3.10. The zero-order valence-electron chi connectivity index (χ0n) is 15.3. The van der Waals surface area contributed by atoms with E-state index < -0.39 is 0 Å². The summed E-state index contributed by atoms with van der Waals surface area (Å²) < 4.78 is 1.85. The molecule has 0 bridgehead atoms. The maximum Gasteiger partial charge on any atom is 0.216 e.